The van der Waals surface area contributed by atoms with E-state index in [-0.39, 0.29) is 11.7 Å². The minimum absolute atomic E-state index is 0.0610. The first-order valence-electron chi connectivity index (χ1n) is 15.4. The topological polar surface area (TPSA) is 138 Å². The number of nitrogen functional groups attached to an aromatic ring is 1. The van der Waals surface area contributed by atoms with E-state index < -0.39 is 5.91 Å². The number of nitrogens with two attached hydrogens (primary N) is 2. The van der Waals surface area contributed by atoms with Crippen molar-refractivity contribution in [3.8, 4) is 11.3 Å². The van der Waals surface area contributed by atoms with Gasteiger partial charge in [-0.15, -0.1) is 0 Å². The van der Waals surface area contributed by atoms with Crippen LogP contribution in [-0.2, 0) is 4.74 Å². The molecule has 2 aromatic carbocycles. The molecule has 6 rings (SSSR count). The fourth-order valence-electron chi connectivity index (χ4n) is 6.30. The van der Waals surface area contributed by atoms with E-state index in [9.17, 15) is 4.79 Å². The maximum atomic E-state index is 12.6. The Morgan fingerprint density at radius 1 is 0.884 bits per heavy atom. The summed E-state index contributed by atoms with van der Waals surface area (Å²) in [6, 6.07) is 16.5. The molecule has 6 N–H and O–H groups in total. The summed E-state index contributed by atoms with van der Waals surface area (Å²) in [4.78, 5) is 29.7. The van der Waals surface area contributed by atoms with Gasteiger partial charge in [-0.25, -0.2) is 9.97 Å². The van der Waals surface area contributed by atoms with E-state index in [1.165, 1.54) is 31.6 Å². The van der Waals surface area contributed by atoms with Crippen molar-refractivity contribution in [1.29, 1.82) is 0 Å². The summed E-state index contributed by atoms with van der Waals surface area (Å²) in [7, 11) is 2.21. The number of carbonyl (C=O) groups excluding carboxylic acids is 1. The van der Waals surface area contributed by atoms with E-state index in [4.69, 9.17) is 26.2 Å². The SMILES string of the molecule is CN1CCN(C2CCN(c3ccc(Nc4nc(NC5CCOCC5)c(-c5ccccc5N)nc4C(N)=O)cc3)CC2)CC1. The van der Waals surface area contributed by atoms with Gasteiger partial charge in [-0.2, -0.15) is 0 Å². The minimum Gasteiger partial charge on any atom is -0.398 e. The van der Waals surface area contributed by atoms with Crippen LogP contribution in [0.3, 0.4) is 0 Å². The first-order valence-corrected chi connectivity index (χ1v) is 15.4. The second kappa shape index (κ2) is 13.2. The summed E-state index contributed by atoms with van der Waals surface area (Å²) in [6.07, 6.45) is 4.06. The Bertz CT molecular complexity index is 1390. The standard InChI is InChI=1S/C32H43N9O2/c1-39-16-18-41(19-17-39)25-10-14-40(15-11-25)24-8-6-22(7-9-24)35-32-29(30(34)42)37-28(26-4-2-3-5-27(26)33)31(38-32)36-23-12-20-43-21-13-23/h2-9,23,25H,10-21,33H2,1H3,(H2,34,42)(H2,35,36,38). The lowest BCUT2D eigenvalue weighted by Gasteiger charge is -2.42. The number of ether oxygens (including phenoxy) is 1. The predicted octanol–water partition coefficient (Wildman–Crippen LogP) is 3.38. The van der Waals surface area contributed by atoms with Gasteiger partial charge in [0, 0.05) is 87.2 Å². The number of piperidine rings is 1. The molecule has 0 radical (unpaired) electrons. The van der Waals surface area contributed by atoms with Crippen molar-refractivity contribution >= 4 is 34.6 Å². The van der Waals surface area contributed by atoms with Crippen LogP contribution < -0.4 is 27.0 Å². The average molecular weight is 586 g/mol. The molecule has 43 heavy (non-hydrogen) atoms. The Labute approximate surface area is 253 Å². The fraction of sp³-hybridized carbons (Fsp3) is 0.469. The van der Waals surface area contributed by atoms with Gasteiger partial charge in [0.25, 0.3) is 5.91 Å². The number of hydrogen-bond acceptors (Lipinski definition) is 10. The summed E-state index contributed by atoms with van der Waals surface area (Å²) >= 11 is 0. The van der Waals surface area contributed by atoms with Gasteiger partial charge in [-0.05, 0) is 63.1 Å². The molecule has 4 heterocycles. The van der Waals surface area contributed by atoms with Gasteiger partial charge in [0.1, 0.15) is 5.69 Å². The van der Waals surface area contributed by atoms with Crippen molar-refractivity contribution < 1.29 is 9.53 Å². The highest BCUT2D eigenvalue weighted by molar-refractivity contribution is 5.98. The molecule has 3 saturated heterocycles. The van der Waals surface area contributed by atoms with E-state index in [2.05, 4.69) is 44.5 Å². The van der Waals surface area contributed by atoms with Gasteiger partial charge in [0.2, 0.25) is 0 Å². The second-order valence-corrected chi connectivity index (χ2v) is 11.8. The van der Waals surface area contributed by atoms with Crippen molar-refractivity contribution in [2.24, 2.45) is 5.73 Å². The number of primary amides is 1. The second-order valence-electron chi connectivity index (χ2n) is 11.8. The minimum atomic E-state index is -0.664. The van der Waals surface area contributed by atoms with Crippen molar-refractivity contribution in [3.05, 3.63) is 54.2 Å². The Morgan fingerprint density at radius 3 is 2.26 bits per heavy atom. The highest BCUT2D eigenvalue weighted by atomic mass is 16.5. The Morgan fingerprint density at radius 2 is 1.58 bits per heavy atom. The number of rotatable bonds is 8. The molecule has 228 valence electrons. The molecule has 0 unspecified atom stereocenters. The smallest absolute Gasteiger partial charge is 0.271 e. The summed E-state index contributed by atoms with van der Waals surface area (Å²) in [6.45, 7) is 8.11. The first kappa shape index (κ1) is 29.2. The van der Waals surface area contributed by atoms with E-state index >= 15 is 0 Å². The average Bonchev–Trinajstić information content (AvgIpc) is 3.03. The molecule has 3 aliphatic heterocycles. The Balaban J connectivity index is 1.20. The number of anilines is 5. The van der Waals surface area contributed by atoms with Crippen LogP contribution >= 0.6 is 0 Å². The van der Waals surface area contributed by atoms with Crippen LogP contribution in [-0.4, -0.2) is 97.3 Å². The number of likely N-dealkylation sites (N-methyl/N-ethyl adjacent to an activating group) is 1. The largest absolute Gasteiger partial charge is 0.398 e. The number of benzene rings is 2. The summed E-state index contributed by atoms with van der Waals surface area (Å²) < 4.78 is 5.54. The maximum absolute atomic E-state index is 12.6. The van der Waals surface area contributed by atoms with E-state index in [0.29, 0.717) is 47.8 Å². The molecule has 11 heteroatoms. The molecular weight excluding hydrogens is 542 g/mol. The van der Waals surface area contributed by atoms with Gasteiger partial charge in [-0.3, -0.25) is 9.69 Å². The quantitative estimate of drug-likeness (QED) is 0.291. The lowest BCUT2D eigenvalue weighted by atomic mass is 10.0. The van der Waals surface area contributed by atoms with Crippen LogP contribution in [0, 0.1) is 0 Å². The lowest BCUT2D eigenvalue weighted by Crippen LogP contribution is -2.52. The first-order chi connectivity index (χ1) is 20.9. The summed E-state index contributed by atoms with van der Waals surface area (Å²) in [5.41, 5.74) is 15.9. The molecule has 0 spiro atoms. The highest BCUT2D eigenvalue weighted by Crippen LogP contribution is 2.34. The molecule has 11 nitrogen and oxygen atoms in total. The van der Waals surface area contributed by atoms with Gasteiger partial charge in [-0.1, -0.05) is 18.2 Å². The van der Waals surface area contributed by atoms with Crippen molar-refractivity contribution in [2.75, 3.05) is 80.8 Å². The lowest BCUT2D eigenvalue weighted by molar-refractivity contribution is 0.0904. The number of aromatic nitrogens is 2. The normalized spacial score (nSPS) is 19.3. The molecule has 3 aromatic rings. The highest BCUT2D eigenvalue weighted by Gasteiger charge is 2.27. The van der Waals surface area contributed by atoms with Crippen LogP contribution in [0.2, 0.25) is 0 Å². The zero-order valence-electron chi connectivity index (χ0n) is 25.0. The van der Waals surface area contributed by atoms with Gasteiger partial charge in [0.05, 0.1) is 0 Å². The van der Waals surface area contributed by atoms with Crippen molar-refractivity contribution in [3.63, 3.8) is 0 Å². The molecule has 0 bridgehead atoms. The number of carbonyl (C=O) groups is 1. The molecule has 1 aromatic heterocycles. The Kier molecular flexibility index (Phi) is 8.92. The molecule has 3 aliphatic rings. The molecule has 0 atom stereocenters. The number of nitrogens with one attached hydrogen (secondary N) is 2. The predicted molar refractivity (Wildman–Crippen MR) is 172 cm³/mol. The number of piperazine rings is 1. The molecule has 1 amide bonds. The Hall–Kier alpha value is -3.93. The number of nitrogens with zero attached hydrogens (tertiary/aromatic N) is 5. The number of para-hydroxylation sites is 1. The molecule has 0 saturated carbocycles. The molecule has 0 aliphatic carbocycles. The summed E-state index contributed by atoms with van der Waals surface area (Å²) in [5.74, 6) is 0.196. The maximum Gasteiger partial charge on any atom is 0.271 e. The van der Waals surface area contributed by atoms with E-state index in [1.807, 2.05) is 36.4 Å². The van der Waals surface area contributed by atoms with Gasteiger partial charge >= 0.3 is 0 Å². The fourth-order valence-corrected chi connectivity index (χ4v) is 6.30. The van der Waals surface area contributed by atoms with Crippen LogP contribution in [0.25, 0.3) is 11.3 Å². The van der Waals surface area contributed by atoms with Crippen LogP contribution in [0.4, 0.5) is 28.7 Å². The number of amides is 1. The molecule has 3 fully saturated rings. The van der Waals surface area contributed by atoms with E-state index in [0.717, 1.165) is 44.7 Å². The third-order valence-electron chi connectivity index (χ3n) is 8.92. The van der Waals surface area contributed by atoms with Crippen LogP contribution in [0.5, 0.6) is 0 Å². The summed E-state index contributed by atoms with van der Waals surface area (Å²) in [5, 5.41) is 6.84. The van der Waals surface area contributed by atoms with Crippen molar-refractivity contribution in [1.82, 2.24) is 19.8 Å². The molecular formula is C32H43N9O2. The van der Waals surface area contributed by atoms with E-state index in [1.54, 1.807) is 0 Å². The van der Waals surface area contributed by atoms with Crippen molar-refractivity contribution in [2.45, 2.75) is 37.8 Å². The van der Waals surface area contributed by atoms with Gasteiger partial charge in [0.15, 0.2) is 17.3 Å². The third-order valence-corrected chi connectivity index (χ3v) is 8.92. The zero-order valence-corrected chi connectivity index (χ0v) is 25.0. The van der Waals surface area contributed by atoms with Gasteiger partial charge < -0.3 is 36.6 Å². The number of hydrogen-bond donors (Lipinski definition) is 4. The third kappa shape index (κ3) is 6.84. The zero-order chi connectivity index (χ0) is 29.8. The van der Waals surface area contributed by atoms with Crippen LogP contribution in [0.1, 0.15) is 36.2 Å². The monoisotopic (exact) mass is 585 g/mol. The van der Waals surface area contributed by atoms with Crippen LogP contribution in [0.15, 0.2) is 48.5 Å².